The van der Waals surface area contributed by atoms with Crippen LogP contribution in [0.15, 0.2) is 59.8 Å². The topological polar surface area (TPSA) is 46.6 Å². The number of ether oxygens (including phenoxy) is 1. The van der Waals surface area contributed by atoms with Crippen molar-refractivity contribution in [2.45, 2.75) is 38.5 Å². The SMILES string of the molecule is CCOc1ccc(C2CC(=O)N(c3ccccc3F)C3=C2C(=O)CCC3)cc1. The van der Waals surface area contributed by atoms with Crippen LogP contribution < -0.4 is 9.64 Å². The number of carbonyl (C=O) groups is 2. The largest absolute Gasteiger partial charge is 0.494 e. The van der Waals surface area contributed by atoms with E-state index >= 15 is 0 Å². The van der Waals surface area contributed by atoms with Crippen LogP contribution in [0, 0.1) is 5.82 Å². The van der Waals surface area contributed by atoms with Crippen LogP contribution in [0.1, 0.15) is 44.1 Å². The molecule has 1 amide bonds. The van der Waals surface area contributed by atoms with Gasteiger partial charge < -0.3 is 4.74 Å². The molecule has 0 radical (unpaired) electrons. The Labute approximate surface area is 163 Å². The lowest BCUT2D eigenvalue weighted by Gasteiger charge is -2.38. The summed E-state index contributed by atoms with van der Waals surface area (Å²) in [4.78, 5) is 27.3. The predicted octanol–water partition coefficient (Wildman–Crippen LogP) is 4.75. The number of benzene rings is 2. The van der Waals surface area contributed by atoms with Gasteiger partial charge in [0.2, 0.25) is 5.91 Å². The average molecular weight is 379 g/mol. The molecule has 0 fully saturated rings. The molecule has 0 saturated carbocycles. The molecule has 1 heterocycles. The van der Waals surface area contributed by atoms with Gasteiger partial charge in [0.05, 0.1) is 12.3 Å². The molecule has 1 aliphatic carbocycles. The van der Waals surface area contributed by atoms with Crippen molar-refractivity contribution in [1.29, 1.82) is 0 Å². The number of hydrogen-bond acceptors (Lipinski definition) is 3. The van der Waals surface area contributed by atoms with Crippen molar-refractivity contribution in [1.82, 2.24) is 0 Å². The van der Waals surface area contributed by atoms with Gasteiger partial charge >= 0.3 is 0 Å². The third kappa shape index (κ3) is 3.21. The first-order valence-electron chi connectivity index (χ1n) is 9.66. The minimum absolute atomic E-state index is 0.0500. The molecule has 0 aromatic heterocycles. The molecule has 1 unspecified atom stereocenters. The van der Waals surface area contributed by atoms with E-state index in [9.17, 15) is 14.0 Å². The van der Waals surface area contributed by atoms with Crippen LogP contribution >= 0.6 is 0 Å². The molecule has 4 rings (SSSR count). The number of carbonyl (C=O) groups excluding carboxylic acids is 2. The molecule has 2 aromatic carbocycles. The first kappa shape index (κ1) is 18.4. The van der Waals surface area contributed by atoms with E-state index in [2.05, 4.69) is 0 Å². The number of halogens is 1. The third-order valence-electron chi connectivity index (χ3n) is 5.36. The van der Waals surface area contributed by atoms with Crippen LogP contribution in [-0.2, 0) is 9.59 Å². The second-order valence-electron chi connectivity index (χ2n) is 7.08. The number of rotatable bonds is 4. The zero-order chi connectivity index (χ0) is 19.7. The highest BCUT2D eigenvalue weighted by atomic mass is 19.1. The molecule has 0 spiro atoms. The van der Waals surface area contributed by atoms with Crippen molar-refractivity contribution in [3.05, 3.63) is 71.2 Å². The van der Waals surface area contributed by atoms with Crippen LogP contribution in [0.5, 0.6) is 5.75 Å². The first-order chi connectivity index (χ1) is 13.6. The van der Waals surface area contributed by atoms with Crippen molar-refractivity contribution in [3.63, 3.8) is 0 Å². The summed E-state index contributed by atoms with van der Waals surface area (Å²) in [5.41, 5.74) is 2.43. The van der Waals surface area contributed by atoms with E-state index in [0.29, 0.717) is 37.1 Å². The molecule has 2 aliphatic rings. The molecule has 144 valence electrons. The lowest BCUT2D eigenvalue weighted by atomic mass is 9.77. The summed E-state index contributed by atoms with van der Waals surface area (Å²) in [6, 6.07) is 13.8. The van der Waals surface area contributed by atoms with Gasteiger partial charge in [0, 0.05) is 30.0 Å². The van der Waals surface area contributed by atoms with E-state index in [0.717, 1.165) is 11.3 Å². The van der Waals surface area contributed by atoms with E-state index in [1.54, 1.807) is 18.2 Å². The average Bonchev–Trinajstić information content (AvgIpc) is 2.69. The van der Waals surface area contributed by atoms with Gasteiger partial charge in [-0.1, -0.05) is 24.3 Å². The molecule has 0 bridgehead atoms. The lowest BCUT2D eigenvalue weighted by molar-refractivity contribution is -0.120. The number of Topliss-reactive ketones (excluding diaryl/α,β-unsaturated/α-hetero) is 1. The fraction of sp³-hybridized carbons (Fsp3) is 0.304. The number of amides is 1. The number of hydrogen-bond donors (Lipinski definition) is 0. The Morgan fingerprint density at radius 3 is 2.54 bits per heavy atom. The first-order valence-corrected chi connectivity index (χ1v) is 9.66. The van der Waals surface area contributed by atoms with Gasteiger partial charge in [-0.15, -0.1) is 0 Å². The molecule has 0 N–H and O–H groups in total. The van der Waals surface area contributed by atoms with E-state index in [-0.39, 0.29) is 29.7 Å². The monoisotopic (exact) mass is 379 g/mol. The zero-order valence-corrected chi connectivity index (χ0v) is 15.8. The number of anilines is 1. The second kappa shape index (κ2) is 7.58. The molecule has 5 heteroatoms. The van der Waals surface area contributed by atoms with E-state index in [1.807, 2.05) is 31.2 Å². The fourth-order valence-electron chi connectivity index (χ4n) is 4.15. The van der Waals surface area contributed by atoms with Crippen LogP contribution in [0.4, 0.5) is 10.1 Å². The lowest BCUT2D eigenvalue weighted by Crippen LogP contribution is -2.41. The number of ketones is 1. The molecule has 2 aromatic rings. The summed E-state index contributed by atoms with van der Waals surface area (Å²) >= 11 is 0. The number of nitrogens with zero attached hydrogens (tertiary/aromatic N) is 1. The summed E-state index contributed by atoms with van der Waals surface area (Å²) in [5, 5.41) is 0. The number of para-hydroxylation sites is 1. The maximum Gasteiger partial charge on any atom is 0.232 e. The maximum atomic E-state index is 14.4. The van der Waals surface area contributed by atoms with Crippen molar-refractivity contribution >= 4 is 17.4 Å². The van der Waals surface area contributed by atoms with Crippen molar-refractivity contribution in [2.75, 3.05) is 11.5 Å². The Morgan fingerprint density at radius 1 is 1.07 bits per heavy atom. The molecule has 1 aliphatic heterocycles. The normalized spacial score (nSPS) is 19.6. The molecule has 4 nitrogen and oxygen atoms in total. The number of allylic oxidation sites excluding steroid dienone is 2. The highest BCUT2D eigenvalue weighted by molar-refractivity contribution is 6.07. The standard InChI is InChI=1S/C23H22FNO3/c1-2-28-16-12-10-15(11-13-16)17-14-22(27)25(19-7-4-3-6-18(19)24)20-8-5-9-21(26)23(17)20/h3-4,6-7,10-13,17H,2,5,8-9,14H2,1H3. The molecular formula is C23H22FNO3. The summed E-state index contributed by atoms with van der Waals surface area (Å²) in [6.07, 6.45) is 1.87. The van der Waals surface area contributed by atoms with Gasteiger partial charge in [-0.3, -0.25) is 14.5 Å². The Hall–Kier alpha value is -2.95. The molecule has 1 atom stereocenters. The Balaban J connectivity index is 1.80. The van der Waals surface area contributed by atoms with Gasteiger partial charge in [0.15, 0.2) is 5.78 Å². The maximum absolute atomic E-state index is 14.4. The van der Waals surface area contributed by atoms with Crippen LogP contribution in [0.25, 0.3) is 0 Å². The molecule has 0 saturated heterocycles. The Bertz CT molecular complexity index is 949. The predicted molar refractivity (Wildman–Crippen MR) is 105 cm³/mol. The molecule has 28 heavy (non-hydrogen) atoms. The van der Waals surface area contributed by atoms with Crippen molar-refractivity contribution in [3.8, 4) is 5.75 Å². The highest BCUT2D eigenvalue weighted by Gasteiger charge is 2.40. The fourth-order valence-corrected chi connectivity index (χ4v) is 4.15. The Morgan fingerprint density at radius 2 is 1.82 bits per heavy atom. The van der Waals surface area contributed by atoms with Crippen molar-refractivity contribution < 1.29 is 18.7 Å². The van der Waals surface area contributed by atoms with E-state index in [4.69, 9.17) is 4.74 Å². The van der Waals surface area contributed by atoms with Gasteiger partial charge in [-0.05, 0) is 49.6 Å². The Kier molecular flexibility index (Phi) is 4.99. The minimum atomic E-state index is -0.458. The second-order valence-corrected chi connectivity index (χ2v) is 7.08. The van der Waals surface area contributed by atoms with Crippen LogP contribution in [-0.4, -0.2) is 18.3 Å². The van der Waals surface area contributed by atoms with Crippen LogP contribution in [0.2, 0.25) is 0 Å². The van der Waals surface area contributed by atoms with Gasteiger partial charge in [0.25, 0.3) is 0 Å². The summed E-state index contributed by atoms with van der Waals surface area (Å²) in [7, 11) is 0. The highest BCUT2D eigenvalue weighted by Crippen LogP contribution is 2.44. The quantitative estimate of drug-likeness (QED) is 0.770. The smallest absolute Gasteiger partial charge is 0.232 e. The van der Waals surface area contributed by atoms with E-state index < -0.39 is 5.82 Å². The van der Waals surface area contributed by atoms with Gasteiger partial charge in [0.1, 0.15) is 11.6 Å². The summed E-state index contributed by atoms with van der Waals surface area (Å²) < 4.78 is 19.9. The van der Waals surface area contributed by atoms with E-state index in [1.165, 1.54) is 11.0 Å². The zero-order valence-electron chi connectivity index (χ0n) is 15.8. The summed E-state index contributed by atoms with van der Waals surface area (Å²) in [6.45, 7) is 2.50. The minimum Gasteiger partial charge on any atom is -0.494 e. The van der Waals surface area contributed by atoms with Gasteiger partial charge in [-0.2, -0.15) is 0 Å². The summed E-state index contributed by atoms with van der Waals surface area (Å²) in [5.74, 6) is -0.133. The third-order valence-corrected chi connectivity index (χ3v) is 5.36. The molecular weight excluding hydrogens is 357 g/mol. The van der Waals surface area contributed by atoms with Crippen molar-refractivity contribution in [2.24, 2.45) is 0 Å². The van der Waals surface area contributed by atoms with Crippen LogP contribution in [0.3, 0.4) is 0 Å². The van der Waals surface area contributed by atoms with Gasteiger partial charge in [-0.25, -0.2) is 4.39 Å².